The van der Waals surface area contributed by atoms with E-state index < -0.39 is 0 Å². The summed E-state index contributed by atoms with van der Waals surface area (Å²) in [6.45, 7) is 2.33. The third-order valence-corrected chi connectivity index (χ3v) is 1.76. The first-order chi connectivity index (χ1) is 5.90. The Bertz CT molecular complexity index is 321. The van der Waals surface area contributed by atoms with Crippen molar-refractivity contribution in [2.45, 2.75) is 6.92 Å². The number of benzene rings is 1. The maximum atomic E-state index is 5.23. The molecule has 1 aliphatic heterocycles. The van der Waals surface area contributed by atoms with Crippen LogP contribution in [0.5, 0.6) is 11.5 Å². The van der Waals surface area contributed by atoms with Crippen LogP contribution in [-0.4, -0.2) is 58.2 Å². The maximum Gasteiger partial charge on any atom is 0.231 e. The van der Waals surface area contributed by atoms with E-state index in [9.17, 15) is 0 Å². The molecule has 0 aliphatic carbocycles. The third kappa shape index (κ3) is 2.57. The first kappa shape index (κ1) is 11.3. The van der Waals surface area contributed by atoms with Crippen molar-refractivity contribution in [3.63, 3.8) is 0 Å². The zero-order valence-electron chi connectivity index (χ0n) is 7.91. The Hall–Kier alpha value is 0.196. The van der Waals surface area contributed by atoms with Gasteiger partial charge in [-0.3, -0.25) is 0 Å². The third-order valence-electron chi connectivity index (χ3n) is 1.76. The molecule has 1 aromatic carbocycles. The van der Waals surface area contributed by atoms with Crippen molar-refractivity contribution in [3.05, 3.63) is 29.8 Å². The second-order valence-electron chi connectivity index (χ2n) is 2.61. The second kappa shape index (κ2) is 5.17. The van der Waals surface area contributed by atoms with Crippen LogP contribution in [0, 0.1) is 0 Å². The summed E-state index contributed by atoms with van der Waals surface area (Å²) in [4.78, 5) is 0. The molecule has 2 rings (SSSR count). The van der Waals surface area contributed by atoms with Crippen molar-refractivity contribution in [3.8, 4) is 11.5 Å². The van der Waals surface area contributed by atoms with Crippen LogP contribution in [0.15, 0.2) is 24.3 Å². The summed E-state index contributed by atoms with van der Waals surface area (Å²) in [7, 11) is 0. The summed E-state index contributed by atoms with van der Waals surface area (Å²) < 4.78 is 10.4. The molecule has 0 saturated carbocycles. The minimum atomic E-state index is 0. The van der Waals surface area contributed by atoms with Crippen molar-refractivity contribution in [2.75, 3.05) is 6.79 Å². The van der Waals surface area contributed by atoms with Gasteiger partial charge in [0.25, 0.3) is 0 Å². The molecule has 1 radical (unpaired) electrons. The molecule has 1 aromatic rings. The SMILES string of the molecule is CC=Cc1ccc2c(c1)OCO2.[K]. The fourth-order valence-electron chi connectivity index (χ4n) is 1.21. The van der Waals surface area contributed by atoms with E-state index in [4.69, 9.17) is 9.47 Å². The molecule has 0 amide bonds. The molecular weight excluding hydrogens is 191 g/mol. The first-order valence-corrected chi connectivity index (χ1v) is 3.92. The van der Waals surface area contributed by atoms with Gasteiger partial charge in [0.2, 0.25) is 6.79 Å². The number of fused-ring (bicyclic) bond motifs is 1. The van der Waals surface area contributed by atoms with Crippen LogP contribution in [0.4, 0.5) is 0 Å². The summed E-state index contributed by atoms with van der Waals surface area (Å²) >= 11 is 0. The summed E-state index contributed by atoms with van der Waals surface area (Å²) in [6, 6.07) is 5.91. The van der Waals surface area contributed by atoms with Crippen molar-refractivity contribution >= 4 is 57.5 Å². The monoisotopic (exact) mass is 201 g/mol. The van der Waals surface area contributed by atoms with Crippen LogP contribution in [0.1, 0.15) is 12.5 Å². The fraction of sp³-hybridized carbons (Fsp3) is 0.200. The molecule has 0 aromatic heterocycles. The van der Waals surface area contributed by atoms with Gasteiger partial charge in [0.05, 0.1) is 0 Å². The second-order valence-corrected chi connectivity index (χ2v) is 2.61. The van der Waals surface area contributed by atoms with Crippen molar-refractivity contribution < 1.29 is 9.47 Å². The maximum absolute atomic E-state index is 5.23. The Balaban J connectivity index is 0.000000845. The summed E-state index contributed by atoms with van der Waals surface area (Å²) in [5.74, 6) is 1.67. The minimum Gasteiger partial charge on any atom is -0.454 e. The molecule has 1 aliphatic rings. The topological polar surface area (TPSA) is 18.5 Å². The van der Waals surface area contributed by atoms with Crippen LogP contribution in [-0.2, 0) is 0 Å². The quantitative estimate of drug-likeness (QED) is 0.648. The summed E-state index contributed by atoms with van der Waals surface area (Å²) in [5.41, 5.74) is 1.14. The van der Waals surface area contributed by atoms with Crippen molar-refractivity contribution in [1.29, 1.82) is 0 Å². The van der Waals surface area contributed by atoms with E-state index >= 15 is 0 Å². The van der Waals surface area contributed by atoms with Gasteiger partial charge in [-0.25, -0.2) is 0 Å². The molecule has 63 valence electrons. The molecule has 0 atom stereocenters. The molecule has 2 nitrogen and oxygen atoms in total. The average Bonchev–Trinajstić information content (AvgIpc) is 2.51. The molecule has 0 bridgehead atoms. The van der Waals surface area contributed by atoms with Crippen LogP contribution in [0.25, 0.3) is 6.08 Å². The van der Waals surface area contributed by atoms with E-state index in [0.717, 1.165) is 17.1 Å². The number of ether oxygens (including phenoxy) is 2. The summed E-state index contributed by atoms with van der Waals surface area (Å²) in [6.07, 6.45) is 4.03. The Morgan fingerprint density at radius 1 is 1.23 bits per heavy atom. The molecular formula is C10H10KO2. The van der Waals surface area contributed by atoms with Gasteiger partial charge in [-0.05, 0) is 24.6 Å². The molecule has 0 spiro atoms. The van der Waals surface area contributed by atoms with Gasteiger partial charge in [-0.2, -0.15) is 0 Å². The van der Waals surface area contributed by atoms with E-state index in [-0.39, 0.29) is 51.4 Å². The average molecular weight is 201 g/mol. The van der Waals surface area contributed by atoms with Gasteiger partial charge in [0.15, 0.2) is 11.5 Å². The van der Waals surface area contributed by atoms with E-state index in [0.29, 0.717) is 6.79 Å². The van der Waals surface area contributed by atoms with Gasteiger partial charge in [-0.1, -0.05) is 18.2 Å². The van der Waals surface area contributed by atoms with Crippen LogP contribution in [0.2, 0.25) is 0 Å². The Morgan fingerprint density at radius 2 is 2.00 bits per heavy atom. The number of rotatable bonds is 1. The zero-order valence-corrected chi connectivity index (χ0v) is 11.0. The van der Waals surface area contributed by atoms with E-state index in [1.807, 2.05) is 37.3 Å². The van der Waals surface area contributed by atoms with Gasteiger partial charge in [0.1, 0.15) is 0 Å². The molecule has 3 heteroatoms. The smallest absolute Gasteiger partial charge is 0.231 e. The Morgan fingerprint density at radius 3 is 2.77 bits per heavy atom. The summed E-state index contributed by atoms with van der Waals surface area (Å²) in [5, 5.41) is 0. The van der Waals surface area contributed by atoms with Crippen LogP contribution in [0.3, 0.4) is 0 Å². The largest absolute Gasteiger partial charge is 0.454 e. The van der Waals surface area contributed by atoms with Crippen molar-refractivity contribution in [2.24, 2.45) is 0 Å². The predicted molar refractivity (Wildman–Crippen MR) is 53.0 cm³/mol. The van der Waals surface area contributed by atoms with Crippen LogP contribution < -0.4 is 9.47 Å². The zero-order chi connectivity index (χ0) is 8.39. The molecule has 0 fully saturated rings. The van der Waals surface area contributed by atoms with Crippen LogP contribution >= 0.6 is 0 Å². The van der Waals surface area contributed by atoms with Crippen molar-refractivity contribution in [1.82, 2.24) is 0 Å². The Labute approximate surface area is 120 Å². The van der Waals surface area contributed by atoms with Gasteiger partial charge in [0, 0.05) is 51.4 Å². The predicted octanol–water partition coefficient (Wildman–Crippen LogP) is 2.07. The number of allylic oxidation sites excluding steroid dienone is 1. The van der Waals surface area contributed by atoms with E-state index in [2.05, 4.69) is 0 Å². The number of hydrogen-bond donors (Lipinski definition) is 0. The van der Waals surface area contributed by atoms with Gasteiger partial charge >= 0.3 is 0 Å². The molecule has 13 heavy (non-hydrogen) atoms. The molecule has 0 saturated heterocycles. The molecule has 1 heterocycles. The van der Waals surface area contributed by atoms with E-state index in [1.165, 1.54) is 0 Å². The number of hydrogen-bond acceptors (Lipinski definition) is 2. The minimum absolute atomic E-state index is 0. The van der Waals surface area contributed by atoms with Gasteiger partial charge in [-0.15, -0.1) is 0 Å². The first-order valence-electron chi connectivity index (χ1n) is 3.92. The normalized spacial score (nSPS) is 13.0. The Kier molecular flexibility index (Phi) is 4.48. The fourth-order valence-corrected chi connectivity index (χ4v) is 1.21. The van der Waals surface area contributed by atoms with Gasteiger partial charge < -0.3 is 9.47 Å². The standard InChI is InChI=1S/C10H10O2.K/c1-2-3-8-4-5-9-10(6-8)12-7-11-9;/h2-6H,7H2,1H3;. The molecule has 0 N–H and O–H groups in total. The van der Waals surface area contributed by atoms with E-state index in [1.54, 1.807) is 0 Å². The molecule has 0 unspecified atom stereocenters.